The van der Waals surface area contributed by atoms with Crippen LogP contribution in [-0.4, -0.2) is 32.6 Å². The average molecular weight is 333 g/mol. The Bertz CT molecular complexity index is 824. The molecule has 0 spiro atoms. The van der Waals surface area contributed by atoms with E-state index >= 15 is 0 Å². The van der Waals surface area contributed by atoms with Gasteiger partial charge in [-0.25, -0.2) is 4.98 Å². The molecule has 0 saturated heterocycles. The van der Waals surface area contributed by atoms with Crippen molar-refractivity contribution < 1.29 is 5.11 Å². The highest BCUT2D eigenvalue weighted by Gasteiger charge is 2.19. The summed E-state index contributed by atoms with van der Waals surface area (Å²) in [6.07, 6.45) is 3.94. The van der Waals surface area contributed by atoms with Gasteiger partial charge in [0.1, 0.15) is 11.6 Å². The Kier molecular flexibility index (Phi) is 4.53. The number of aromatic hydroxyl groups is 1. The first-order valence-electron chi connectivity index (χ1n) is 8.85. The summed E-state index contributed by atoms with van der Waals surface area (Å²) in [5.74, 6) is 1.50. The predicted octanol–water partition coefficient (Wildman–Crippen LogP) is 3.24. The summed E-state index contributed by atoms with van der Waals surface area (Å²) in [7, 11) is 0. The number of phenolic OH excluding ortho intramolecular Hbond substituents is 1. The van der Waals surface area contributed by atoms with Crippen LogP contribution in [0.15, 0.2) is 60.8 Å². The van der Waals surface area contributed by atoms with E-state index in [4.69, 9.17) is 0 Å². The molecule has 3 aromatic rings. The second-order valence-corrected chi connectivity index (χ2v) is 6.67. The first-order chi connectivity index (χ1) is 12.3. The van der Waals surface area contributed by atoms with Gasteiger partial charge in [-0.1, -0.05) is 42.5 Å². The summed E-state index contributed by atoms with van der Waals surface area (Å²) in [6, 6.07) is 18.1. The van der Waals surface area contributed by atoms with Crippen LogP contribution in [0.2, 0.25) is 0 Å². The van der Waals surface area contributed by atoms with E-state index in [1.54, 1.807) is 12.1 Å². The van der Waals surface area contributed by atoms with E-state index in [2.05, 4.69) is 44.8 Å². The van der Waals surface area contributed by atoms with E-state index in [1.165, 1.54) is 22.6 Å². The second kappa shape index (κ2) is 7.11. The van der Waals surface area contributed by atoms with E-state index < -0.39 is 0 Å². The van der Waals surface area contributed by atoms with E-state index in [1.807, 2.05) is 18.3 Å². The molecule has 0 radical (unpaired) electrons. The molecule has 128 valence electrons. The number of nitrogens with zero attached hydrogens (tertiary/aromatic N) is 3. The number of hydrogen-bond donors (Lipinski definition) is 1. The second-order valence-electron chi connectivity index (χ2n) is 6.67. The van der Waals surface area contributed by atoms with Gasteiger partial charge in [0.15, 0.2) is 0 Å². The molecule has 4 rings (SSSR count). The van der Waals surface area contributed by atoms with Crippen LogP contribution in [-0.2, 0) is 25.9 Å². The number of phenols is 1. The number of imidazole rings is 1. The van der Waals surface area contributed by atoms with Crippen LogP contribution < -0.4 is 0 Å². The van der Waals surface area contributed by atoms with E-state index in [9.17, 15) is 5.11 Å². The fourth-order valence-corrected chi connectivity index (χ4v) is 3.46. The molecule has 0 bridgehead atoms. The number of hydrogen-bond acceptors (Lipinski definition) is 3. The highest BCUT2D eigenvalue weighted by molar-refractivity contribution is 5.26. The predicted molar refractivity (Wildman–Crippen MR) is 98.6 cm³/mol. The van der Waals surface area contributed by atoms with Crippen LogP contribution >= 0.6 is 0 Å². The molecule has 4 heteroatoms. The van der Waals surface area contributed by atoms with Crippen molar-refractivity contribution in [1.82, 2.24) is 14.5 Å². The van der Waals surface area contributed by atoms with Crippen LogP contribution in [0.3, 0.4) is 0 Å². The van der Waals surface area contributed by atoms with Gasteiger partial charge >= 0.3 is 0 Å². The Hall–Kier alpha value is -2.59. The average Bonchev–Trinajstić information content (AvgIpc) is 3.04. The van der Waals surface area contributed by atoms with Gasteiger partial charge in [0.05, 0.1) is 5.69 Å². The molecule has 4 nitrogen and oxygen atoms in total. The minimum atomic E-state index is 0.330. The molecule has 0 amide bonds. The summed E-state index contributed by atoms with van der Waals surface area (Å²) in [4.78, 5) is 7.15. The van der Waals surface area contributed by atoms with Crippen molar-refractivity contribution in [3.05, 3.63) is 83.4 Å². The molecule has 1 N–H and O–H groups in total. The highest BCUT2D eigenvalue weighted by atomic mass is 16.3. The van der Waals surface area contributed by atoms with Crippen molar-refractivity contribution in [1.29, 1.82) is 0 Å². The van der Waals surface area contributed by atoms with Crippen molar-refractivity contribution >= 4 is 0 Å². The third kappa shape index (κ3) is 3.74. The quantitative estimate of drug-likeness (QED) is 0.779. The summed E-state index contributed by atoms with van der Waals surface area (Å²) in [5, 5.41) is 9.37. The Morgan fingerprint density at radius 2 is 1.72 bits per heavy atom. The maximum atomic E-state index is 9.37. The molecule has 0 fully saturated rings. The lowest BCUT2D eigenvalue weighted by molar-refractivity contribution is 0.222. The Labute approximate surface area is 148 Å². The highest BCUT2D eigenvalue weighted by Crippen LogP contribution is 2.18. The zero-order valence-corrected chi connectivity index (χ0v) is 14.3. The summed E-state index contributed by atoms with van der Waals surface area (Å²) < 4.78 is 2.38. The Morgan fingerprint density at radius 1 is 0.920 bits per heavy atom. The van der Waals surface area contributed by atoms with Gasteiger partial charge in [-0.3, -0.25) is 4.90 Å². The Morgan fingerprint density at radius 3 is 2.52 bits per heavy atom. The fourth-order valence-electron chi connectivity index (χ4n) is 3.46. The zero-order valence-electron chi connectivity index (χ0n) is 14.3. The maximum Gasteiger partial charge on any atom is 0.115 e. The summed E-state index contributed by atoms with van der Waals surface area (Å²) >= 11 is 0. The molecular formula is C21H23N3O. The molecule has 1 aromatic heterocycles. The maximum absolute atomic E-state index is 9.37. The van der Waals surface area contributed by atoms with E-state index in [0.29, 0.717) is 5.75 Å². The van der Waals surface area contributed by atoms with E-state index in [0.717, 1.165) is 39.0 Å². The van der Waals surface area contributed by atoms with Gasteiger partial charge < -0.3 is 9.67 Å². The van der Waals surface area contributed by atoms with Crippen LogP contribution in [0.25, 0.3) is 0 Å². The molecule has 0 saturated carbocycles. The first kappa shape index (κ1) is 15.9. The SMILES string of the molecule is Oc1ccc(CCN2CCn3c(cnc3Cc3ccccc3)C2)cc1. The van der Waals surface area contributed by atoms with Crippen LogP contribution in [0, 0.1) is 0 Å². The topological polar surface area (TPSA) is 41.3 Å². The molecule has 2 heterocycles. The van der Waals surface area contributed by atoms with Gasteiger partial charge in [0.2, 0.25) is 0 Å². The van der Waals surface area contributed by atoms with Gasteiger partial charge in [-0.05, 0) is 29.7 Å². The van der Waals surface area contributed by atoms with Crippen LogP contribution in [0.4, 0.5) is 0 Å². The first-order valence-corrected chi connectivity index (χ1v) is 8.85. The largest absolute Gasteiger partial charge is 0.508 e. The third-order valence-corrected chi connectivity index (χ3v) is 4.90. The molecular weight excluding hydrogens is 310 g/mol. The van der Waals surface area contributed by atoms with Crippen molar-refractivity contribution in [3.8, 4) is 5.75 Å². The van der Waals surface area contributed by atoms with E-state index in [-0.39, 0.29) is 0 Å². The molecule has 1 aliphatic rings. The number of aromatic nitrogens is 2. The van der Waals surface area contributed by atoms with Crippen LogP contribution in [0.5, 0.6) is 5.75 Å². The molecule has 0 unspecified atom stereocenters. The minimum absolute atomic E-state index is 0.330. The smallest absolute Gasteiger partial charge is 0.115 e. The lowest BCUT2D eigenvalue weighted by Crippen LogP contribution is -2.35. The lowest BCUT2D eigenvalue weighted by Gasteiger charge is -2.29. The molecule has 2 aromatic carbocycles. The van der Waals surface area contributed by atoms with Crippen molar-refractivity contribution in [2.24, 2.45) is 0 Å². The monoisotopic (exact) mass is 333 g/mol. The number of fused-ring (bicyclic) bond motifs is 1. The van der Waals surface area contributed by atoms with Crippen molar-refractivity contribution in [2.75, 3.05) is 13.1 Å². The van der Waals surface area contributed by atoms with Gasteiger partial charge in [-0.2, -0.15) is 0 Å². The Balaban J connectivity index is 1.38. The fraction of sp³-hybridized carbons (Fsp3) is 0.286. The van der Waals surface area contributed by atoms with Crippen molar-refractivity contribution in [2.45, 2.75) is 25.9 Å². The van der Waals surface area contributed by atoms with Gasteiger partial charge in [0.25, 0.3) is 0 Å². The van der Waals surface area contributed by atoms with Gasteiger partial charge in [-0.15, -0.1) is 0 Å². The molecule has 25 heavy (non-hydrogen) atoms. The van der Waals surface area contributed by atoms with Gasteiger partial charge in [0, 0.05) is 38.8 Å². The summed E-state index contributed by atoms with van der Waals surface area (Å²) in [5.41, 5.74) is 3.88. The van der Waals surface area contributed by atoms with Crippen molar-refractivity contribution in [3.63, 3.8) is 0 Å². The standard InChI is InChI=1S/C21H23N3O/c25-20-8-6-17(7-9-20)10-11-23-12-13-24-19(16-23)15-22-21(24)14-18-4-2-1-3-5-18/h1-9,15,25H,10-14,16H2. The number of rotatable bonds is 5. The lowest BCUT2D eigenvalue weighted by atomic mass is 10.1. The third-order valence-electron chi connectivity index (χ3n) is 4.90. The zero-order chi connectivity index (χ0) is 17.1. The normalized spacial score (nSPS) is 14.4. The van der Waals surface area contributed by atoms with Crippen LogP contribution in [0.1, 0.15) is 22.6 Å². The molecule has 0 atom stereocenters. The molecule has 1 aliphatic heterocycles. The number of benzene rings is 2. The summed E-state index contributed by atoms with van der Waals surface area (Å²) in [6.45, 7) is 4.06. The molecule has 0 aliphatic carbocycles. The minimum Gasteiger partial charge on any atom is -0.508 e.